The summed E-state index contributed by atoms with van der Waals surface area (Å²) < 4.78 is 37.6. The number of benzene rings is 2. The quantitative estimate of drug-likeness (QED) is 0.326. The molecule has 3 aromatic heterocycles. The second-order valence-electron chi connectivity index (χ2n) is 6.81. The number of aryl methyl sites for hydroxylation is 2. The zero-order chi connectivity index (χ0) is 19.4. The van der Waals surface area contributed by atoms with E-state index < -0.39 is 11.8 Å². The number of rotatable bonds is 2. The van der Waals surface area contributed by atoms with Gasteiger partial charge in [-0.3, -0.25) is 0 Å². The summed E-state index contributed by atoms with van der Waals surface area (Å²) in [7, 11) is 1.97. The smallest absolute Gasteiger partial charge is 0.294 e. The van der Waals surface area contributed by atoms with Crippen molar-refractivity contribution in [1.82, 2.24) is 9.55 Å². The van der Waals surface area contributed by atoms with Crippen LogP contribution in [0.5, 0.6) is 0 Å². The Kier molecular flexibility index (Phi) is 3.55. The minimum atomic E-state index is -0.898. The molecule has 5 rings (SSSR count). The van der Waals surface area contributed by atoms with Gasteiger partial charge in [-0.15, -0.1) is 0 Å². The standard InChI is InChI=1S/C22H16F2N3O/c1-13-10-16-18(28-21-20(16)17(23)12-19(24)25-21)11-15(13)22-26(2)8-9-27(22)14-6-4-3-5-7-14/h3-12H,1-2H3/q+1. The first kappa shape index (κ1) is 16.6. The third-order valence-electron chi connectivity index (χ3n) is 4.99. The molecule has 3 heterocycles. The van der Waals surface area contributed by atoms with E-state index in [1.807, 2.05) is 73.4 Å². The van der Waals surface area contributed by atoms with Gasteiger partial charge in [0, 0.05) is 11.5 Å². The predicted molar refractivity (Wildman–Crippen MR) is 102 cm³/mol. The highest BCUT2D eigenvalue weighted by Gasteiger charge is 2.23. The van der Waals surface area contributed by atoms with Crippen LogP contribution in [-0.2, 0) is 7.05 Å². The number of halogens is 2. The summed E-state index contributed by atoms with van der Waals surface area (Å²) in [5, 5.41) is 0.788. The van der Waals surface area contributed by atoms with Crippen molar-refractivity contribution >= 4 is 22.1 Å². The Morgan fingerprint density at radius 2 is 1.86 bits per heavy atom. The van der Waals surface area contributed by atoms with E-state index in [2.05, 4.69) is 9.55 Å². The summed E-state index contributed by atoms with van der Waals surface area (Å²) in [6.07, 6.45) is 3.96. The second kappa shape index (κ2) is 5.99. The monoisotopic (exact) mass is 376 g/mol. The fraction of sp³-hybridized carbons (Fsp3) is 0.0909. The van der Waals surface area contributed by atoms with E-state index in [0.717, 1.165) is 28.7 Å². The van der Waals surface area contributed by atoms with E-state index >= 15 is 0 Å². The molecule has 0 spiro atoms. The molecular weight excluding hydrogens is 360 g/mol. The molecule has 0 unspecified atom stereocenters. The van der Waals surface area contributed by atoms with Crippen LogP contribution in [0, 0.1) is 18.7 Å². The number of para-hydroxylation sites is 1. The summed E-state index contributed by atoms with van der Waals surface area (Å²) in [6.45, 7) is 1.96. The van der Waals surface area contributed by atoms with Gasteiger partial charge in [-0.2, -0.15) is 13.9 Å². The Morgan fingerprint density at radius 1 is 1.07 bits per heavy atom. The number of nitrogens with zero attached hydrogens (tertiary/aromatic N) is 3. The zero-order valence-corrected chi connectivity index (χ0v) is 15.3. The van der Waals surface area contributed by atoms with Gasteiger partial charge in [0.25, 0.3) is 5.82 Å². The lowest BCUT2D eigenvalue weighted by molar-refractivity contribution is -0.659. The molecule has 0 amide bonds. The largest absolute Gasteiger partial charge is 0.437 e. The molecule has 0 radical (unpaired) electrons. The van der Waals surface area contributed by atoms with Crippen LogP contribution in [0.25, 0.3) is 39.1 Å². The maximum atomic E-state index is 14.3. The van der Waals surface area contributed by atoms with Crippen LogP contribution in [0.1, 0.15) is 5.56 Å². The molecule has 0 bridgehead atoms. The van der Waals surface area contributed by atoms with Gasteiger partial charge >= 0.3 is 0 Å². The first-order chi connectivity index (χ1) is 13.5. The van der Waals surface area contributed by atoms with Gasteiger partial charge in [-0.1, -0.05) is 18.2 Å². The molecule has 0 saturated heterocycles. The molecule has 0 aliphatic carbocycles. The SMILES string of the molecule is Cc1cc2c(cc1-c1n(-c3ccccc3)cc[n+]1C)oc1nc(F)cc(F)c12. The van der Waals surface area contributed by atoms with Crippen LogP contribution in [-0.4, -0.2) is 9.55 Å². The number of furan rings is 1. The average Bonchev–Trinajstić information content (AvgIpc) is 3.21. The number of pyridine rings is 1. The topological polar surface area (TPSA) is 34.8 Å². The number of aromatic nitrogens is 3. The molecule has 6 heteroatoms. The third-order valence-corrected chi connectivity index (χ3v) is 4.99. The number of fused-ring (bicyclic) bond motifs is 3. The van der Waals surface area contributed by atoms with Crippen molar-refractivity contribution in [2.75, 3.05) is 0 Å². The molecular formula is C22H16F2N3O+. The van der Waals surface area contributed by atoms with E-state index in [4.69, 9.17) is 4.42 Å². The molecule has 0 atom stereocenters. The Labute approximate surface area is 159 Å². The van der Waals surface area contributed by atoms with Crippen molar-refractivity contribution in [2.45, 2.75) is 6.92 Å². The van der Waals surface area contributed by atoms with E-state index in [-0.39, 0.29) is 11.1 Å². The normalized spacial score (nSPS) is 11.6. The van der Waals surface area contributed by atoms with Gasteiger partial charge in [0.05, 0.1) is 18.0 Å². The highest BCUT2D eigenvalue weighted by molar-refractivity contribution is 6.05. The van der Waals surface area contributed by atoms with Crippen LogP contribution >= 0.6 is 0 Å². The van der Waals surface area contributed by atoms with Crippen LogP contribution < -0.4 is 4.57 Å². The van der Waals surface area contributed by atoms with E-state index in [1.54, 1.807) is 0 Å². The lowest BCUT2D eigenvalue weighted by atomic mass is 10.0. The van der Waals surface area contributed by atoms with Crippen molar-refractivity contribution in [3.8, 4) is 17.1 Å². The Balaban J connectivity index is 1.80. The van der Waals surface area contributed by atoms with Crippen LogP contribution in [0.2, 0.25) is 0 Å². The Bertz CT molecular complexity index is 1350. The van der Waals surface area contributed by atoms with Crippen molar-refractivity contribution in [3.63, 3.8) is 0 Å². The third kappa shape index (κ3) is 2.41. The molecule has 4 nitrogen and oxygen atoms in total. The predicted octanol–water partition coefficient (Wildman–Crippen LogP) is 4.85. The lowest BCUT2D eigenvalue weighted by Crippen LogP contribution is -2.29. The molecule has 28 heavy (non-hydrogen) atoms. The van der Waals surface area contributed by atoms with Gasteiger partial charge < -0.3 is 4.42 Å². The van der Waals surface area contributed by atoms with Crippen molar-refractivity contribution in [3.05, 3.63) is 78.3 Å². The van der Waals surface area contributed by atoms with Crippen LogP contribution in [0.15, 0.2) is 65.3 Å². The number of hydrogen-bond acceptors (Lipinski definition) is 2. The maximum absolute atomic E-state index is 14.3. The molecule has 0 fully saturated rings. The number of imidazole rings is 1. The molecule has 0 aliphatic rings. The molecule has 5 aromatic rings. The summed E-state index contributed by atoms with van der Waals surface area (Å²) >= 11 is 0. The second-order valence-corrected chi connectivity index (χ2v) is 6.81. The van der Waals surface area contributed by atoms with Crippen molar-refractivity contribution in [2.24, 2.45) is 7.05 Å². The van der Waals surface area contributed by atoms with Gasteiger partial charge in [-0.05, 0) is 36.8 Å². The first-order valence-corrected chi connectivity index (χ1v) is 8.84. The van der Waals surface area contributed by atoms with Gasteiger partial charge in [0.2, 0.25) is 11.7 Å². The van der Waals surface area contributed by atoms with E-state index in [0.29, 0.717) is 11.0 Å². The first-order valence-electron chi connectivity index (χ1n) is 8.84. The average molecular weight is 376 g/mol. The van der Waals surface area contributed by atoms with E-state index in [1.165, 1.54) is 0 Å². The van der Waals surface area contributed by atoms with Gasteiger partial charge in [0.1, 0.15) is 29.5 Å². The summed E-state index contributed by atoms with van der Waals surface area (Å²) in [4.78, 5) is 3.69. The molecule has 0 aliphatic heterocycles. The molecule has 0 saturated carbocycles. The van der Waals surface area contributed by atoms with E-state index in [9.17, 15) is 8.78 Å². The molecule has 138 valence electrons. The lowest BCUT2D eigenvalue weighted by Gasteiger charge is -2.06. The van der Waals surface area contributed by atoms with Crippen LogP contribution in [0.3, 0.4) is 0 Å². The molecule has 0 N–H and O–H groups in total. The molecule has 2 aromatic carbocycles. The fourth-order valence-electron chi connectivity index (χ4n) is 3.69. The maximum Gasteiger partial charge on any atom is 0.294 e. The van der Waals surface area contributed by atoms with Crippen LogP contribution in [0.4, 0.5) is 8.78 Å². The summed E-state index contributed by atoms with van der Waals surface area (Å²) in [5.74, 6) is -0.623. The highest BCUT2D eigenvalue weighted by Crippen LogP contribution is 2.35. The summed E-state index contributed by atoms with van der Waals surface area (Å²) in [5.41, 5.74) is 3.34. The summed E-state index contributed by atoms with van der Waals surface area (Å²) in [6, 6.07) is 14.5. The minimum Gasteiger partial charge on any atom is -0.437 e. The minimum absolute atomic E-state index is 0.0353. The number of hydrogen-bond donors (Lipinski definition) is 0. The Morgan fingerprint density at radius 3 is 2.64 bits per heavy atom. The zero-order valence-electron chi connectivity index (χ0n) is 15.3. The highest BCUT2D eigenvalue weighted by atomic mass is 19.1. The van der Waals surface area contributed by atoms with Crippen molar-refractivity contribution in [1.29, 1.82) is 0 Å². The van der Waals surface area contributed by atoms with Gasteiger partial charge in [-0.25, -0.2) is 8.96 Å². The van der Waals surface area contributed by atoms with Crippen molar-refractivity contribution < 1.29 is 17.8 Å². The van der Waals surface area contributed by atoms with Gasteiger partial charge in [0.15, 0.2) is 0 Å². The fourth-order valence-corrected chi connectivity index (χ4v) is 3.69. The Hall–Kier alpha value is -3.54.